The Labute approximate surface area is 69.5 Å². The van der Waals surface area contributed by atoms with Crippen LogP contribution in [0.5, 0.6) is 0 Å². The van der Waals surface area contributed by atoms with E-state index in [0.717, 1.165) is 19.6 Å². The number of rotatable bonds is 4. The van der Waals surface area contributed by atoms with Gasteiger partial charge in [-0.05, 0) is 13.1 Å². The van der Waals surface area contributed by atoms with Crippen LogP contribution in [0.2, 0.25) is 0 Å². The second-order valence-electron chi connectivity index (χ2n) is 2.25. The standard InChI is InChI=1S/C9H17NO/c1-4-10(5-2)8-6-7-9-11-3/h4-5,8-9H2,1-3H3. The van der Waals surface area contributed by atoms with E-state index >= 15 is 0 Å². The molecular weight excluding hydrogens is 138 g/mol. The maximum atomic E-state index is 4.80. The normalized spacial score (nSPS) is 9.45. The Balaban J connectivity index is 3.43. The van der Waals surface area contributed by atoms with Gasteiger partial charge in [-0.25, -0.2) is 0 Å². The minimum Gasteiger partial charge on any atom is -0.372 e. The van der Waals surface area contributed by atoms with Gasteiger partial charge in [-0.1, -0.05) is 25.7 Å². The van der Waals surface area contributed by atoms with Gasteiger partial charge in [0, 0.05) is 7.11 Å². The summed E-state index contributed by atoms with van der Waals surface area (Å²) in [6.07, 6.45) is 0. The quantitative estimate of drug-likeness (QED) is 0.561. The lowest BCUT2D eigenvalue weighted by Gasteiger charge is -2.12. The number of ether oxygens (including phenoxy) is 1. The van der Waals surface area contributed by atoms with Crippen LogP contribution in [0, 0.1) is 11.8 Å². The van der Waals surface area contributed by atoms with E-state index in [4.69, 9.17) is 4.74 Å². The lowest BCUT2D eigenvalue weighted by Crippen LogP contribution is -2.22. The lowest BCUT2D eigenvalue weighted by atomic mass is 10.4. The third-order valence-corrected chi connectivity index (χ3v) is 1.54. The Morgan fingerprint density at radius 3 is 2.27 bits per heavy atom. The highest BCUT2D eigenvalue weighted by atomic mass is 16.5. The maximum Gasteiger partial charge on any atom is 0.107 e. The highest BCUT2D eigenvalue weighted by Gasteiger charge is 1.92. The van der Waals surface area contributed by atoms with Crippen molar-refractivity contribution in [1.29, 1.82) is 0 Å². The molecule has 0 radical (unpaired) electrons. The van der Waals surface area contributed by atoms with Crippen molar-refractivity contribution in [2.24, 2.45) is 0 Å². The average molecular weight is 155 g/mol. The van der Waals surface area contributed by atoms with Crippen LogP contribution in [0.1, 0.15) is 13.8 Å². The van der Waals surface area contributed by atoms with Crippen LogP contribution in [-0.2, 0) is 4.74 Å². The van der Waals surface area contributed by atoms with Crippen molar-refractivity contribution in [2.45, 2.75) is 13.8 Å². The average Bonchev–Trinajstić information content (AvgIpc) is 2.05. The van der Waals surface area contributed by atoms with Crippen molar-refractivity contribution in [3.63, 3.8) is 0 Å². The molecule has 0 fully saturated rings. The molecule has 0 unspecified atom stereocenters. The van der Waals surface area contributed by atoms with Gasteiger partial charge in [0.1, 0.15) is 6.61 Å². The fraction of sp³-hybridized carbons (Fsp3) is 0.778. The van der Waals surface area contributed by atoms with Crippen molar-refractivity contribution in [2.75, 3.05) is 33.4 Å². The predicted molar refractivity (Wildman–Crippen MR) is 47.4 cm³/mol. The van der Waals surface area contributed by atoms with Crippen LogP contribution in [0.3, 0.4) is 0 Å². The van der Waals surface area contributed by atoms with E-state index in [0.29, 0.717) is 6.61 Å². The summed E-state index contributed by atoms with van der Waals surface area (Å²) in [5.74, 6) is 5.96. The Hall–Kier alpha value is -0.520. The van der Waals surface area contributed by atoms with E-state index in [2.05, 4.69) is 30.6 Å². The summed E-state index contributed by atoms with van der Waals surface area (Å²) in [7, 11) is 1.66. The first-order chi connectivity index (χ1) is 5.35. The molecule has 0 amide bonds. The van der Waals surface area contributed by atoms with E-state index in [1.165, 1.54) is 0 Å². The zero-order valence-electron chi connectivity index (χ0n) is 7.68. The molecule has 0 N–H and O–H groups in total. The van der Waals surface area contributed by atoms with E-state index < -0.39 is 0 Å². The van der Waals surface area contributed by atoms with Crippen molar-refractivity contribution in [3.8, 4) is 11.8 Å². The van der Waals surface area contributed by atoms with Gasteiger partial charge in [-0.3, -0.25) is 4.90 Å². The fourth-order valence-corrected chi connectivity index (χ4v) is 0.738. The van der Waals surface area contributed by atoms with E-state index in [1.54, 1.807) is 7.11 Å². The molecule has 0 rings (SSSR count). The molecule has 0 spiro atoms. The second-order valence-corrected chi connectivity index (χ2v) is 2.25. The SMILES string of the molecule is CCN(CC)CC#CCOC. The van der Waals surface area contributed by atoms with Crippen molar-refractivity contribution >= 4 is 0 Å². The minimum atomic E-state index is 0.543. The molecule has 0 aliphatic carbocycles. The summed E-state index contributed by atoms with van der Waals surface area (Å²) in [5, 5.41) is 0. The van der Waals surface area contributed by atoms with Gasteiger partial charge in [0.25, 0.3) is 0 Å². The van der Waals surface area contributed by atoms with Gasteiger partial charge < -0.3 is 4.74 Å². The van der Waals surface area contributed by atoms with Gasteiger partial charge in [0.15, 0.2) is 0 Å². The molecule has 0 aromatic heterocycles. The van der Waals surface area contributed by atoms with Crippen LogP contribution in [0.4, 0.5) is 0 Å². The molecule has 11 heavy (non-hydrogen) atoms. The zero-order chi connectivity index (χ0) is 8.53. The molecule has 0 bridgehead atoms. The van der Waals surface area contributed by atoms with Crippen LogP contribution in [-0.4, -0.2) is 38.3 Å². The van der Waals surface area contributed by atoms with E-state index in [1.807, 2.05) is 0 Å². The van der Waals surface area contributed by atoms with Crippen LogP contribution < -0.4 is 0 Å². The number of nitrogens with zero attached hydrogens (tertiary/aromatic N) is 1. The molecule has 0 aliphatic rings. The molecular formula is C9H17NO. The second kappa shape index (κ2) is 7.59. The predicted octanol–water partition coefficient (Wildman–Crippen LogP) is 0.978. The van der Waals surface area contributed by atoms with Crippen LogP contribution in [0.25, 0.3) is 0 Å². The summed E-state index contributed by atoms with van der Waals surface area (Å²) in [4.78, 5) is 2.27. The molecule has 2 heteroatoms. The van der Waals surface area contributed by atoms with Gasteiger partial charge in [-0.2, -0.15) is 0 Å². The molecule has 0 saturated carbocycles. The molecule has 0 saturated heterocycles. The van der Waals surface area contributed by atoms with Gasteiger partial charge >= 0.3 is 0 Å². The largest absolute Gasteiger partial charge is 0.372 e. The van der Waals surface area contributed by atoms with Crippen LogP contribution >= 0.6 is 0 Å². The van der Waals surface area contributed by atoms with Crippen LogP contribution in [0.15, 0.2) is 0 Å². The number of hydrogen-bond donors (Lipinski definition) is 0. The van der Waals surface area contributed by atoms with Gasteiger partial charge in [0.2, 0.25) is 0 Å². The number of hydrogen-bond acceptors (Lipinski definition) is 2. The molecule has 0 aromatic rings. The first kappa shape index (κ1) is 10.5. The Bertz CT molecular complexity index is 130. The van der Waals surface area contributed by atoms with Crippen molar-refractivity contribution in [1.82, 2.24) is 4.90 Å². The highest BCUT2D eigenvalue weighted by Crippen LogP contribution is 1.83. The summed E-state index contributed by atoms with van der Waals surface area (Å²) in [5.41, 5.74) is 0. The molecule has 2 nitrogen and oxygen atoms in total. The van der Waals surface area contributed by atoms with E-state index in [-0.39, 0.29) is 0 Å². The lowest BCUT2D eigenvalue weighted by molar-refractivity contribution is 0.239. The molecule has 0 atom stereocenters. The third kappa shape index (κ3) is 5.90. The Kier molecular flexibility index (Phi) is 7.23. The van der Waals surface area contributed by atoms with E-state index in [9.17, 15) is 0 Å². The summed E-state index contributed by atoms with van der Waals surface area (Å²) in [6.45, 7) is 7.82. The maximum absolute atomic E-state index is 4.80. The first-order valence-corrected chi connectivity index (χ1v) is 4.02. The zero-order valence-corrected chi connectivity index (χ0v) is 7.68. The topological polar surface area (TPSA) is 12.5 Å². The summed E-state index contributed by atoms with van der Waals surface area (Å²) in [6, 6.07) is 0. The molecule has 0 aliphatic heterocycles. The smallest absolute Gasteiger partial charge is 0.107 e. The van der Waals surface area contributed by atoms with Crippen molar-refractivity contribution in [3.05, 3.63) is 0 Å². The fourth-order valence-electron chi connectivity index (χ4n) is 0.738. The molecule has 64 valence electrons. The Morgan fingerprint density at radius 1 is 1.18 bits per heavy atom. The minimum absolute atomic E-state index is 0.543. The van der Waals surface area contributed by atoms with Gasteiger partial charge in [-0.15, -0.1) is 0 Å². The summed E-state index contributed by atoms with van der Waals surface area (Å²) < 4.78 is 4.80. The monoisotopic (exact) mass is 155 g/mol. The highest BCUT2D eigenvalue weighted by molar-refractivity contribution is 5.01. The Morgan fingerprint density at radius 2 is 1.82 bits per heavy atom. The summed E-state index contributed by atoms with van der Waals surface area (Å²) >= 11 is 0. The number of methoxy groups -OCH3 is 1. The molecule has 0 aromatic carbocycles. The first-order valence-electron chi connectivity index (χ1n) is 4.02. The third-order valence-electron chi connectivity index (χ3n) is 1.54. The molecule has 0 heterocycles. The van der Waals surface area contributed by atoms with Crippen molar-refractivity contribution < 1.29 is 4.74 Å². The van der Waals surface area contributed by atoms with Gasteiger partial charge in [0.05, 0.1) is 6.54 Å².